The number of nitrogens with zero attached hydrogens (tertiary/aromatic N) is 2. The zero-order valence-electron chi connectivity index (χ0n) is 11.7. The Morgan fingerprint density at radius 1 is 1.47 bits per heavy atom. The van der Waals surface area contributed by atoms with Crippen molar-refractivity contribution < 1.29 is 9.84 Å². The number of aliphatic hydroxyl groups excluding tert-OH is 1. The number of methoxy groups -OCH3 is 1. The Morgan fingerprint density at radius 2 is 2.26 bits per heavy atom. The second-order valence-corrected chi connectivity index (χ2v) is 4.53. The van der Waals surface area contributed by atoms with E-state index >= 15 is 0 Å². The number of likely N-dealkylation sites (N-methyl/N-ethyl adjacent to an activating group) is 1. The van der Waals surface area contributed by atoms with Gasteiger partial charge in [-0.15, -0.1) is 0 Å². The molecule has 0 aliphatic rings. The minimum absolute atomic E-state index is 0.149. The third kappa shape index (κ3) is 2.88. The van der Waals surface area contributed by atoms with Crippen LogP contribution in [0.4, 0.5) is 0 Å². The lowest BCUT2D eigenvalue weighted by Gasteiger charge is -2.25. The molecule has 104 valence electrons. The molecule has 1 aromatic carbocycles. The molecule has 1 atom stereocenters. The third-order valence-corrected chi connectivity index (χ3v) is 3.44. The first kappa shape index (κ1) is 13.8. The maximum atomic E-state index is 9.08. The molecule has 0 spiro atoms. The molecule has 1 unspecified atom stereocenters. The zero-order chi connectivity index (χ0) is 13.8. The number of H-pyrrole nitrogens is 1. The van der Waals surface area contributed by atoms with Crippen LogP contribution in [0.2, 0.25) is 0 Å². The maximum Gasteiger partial charge on any atom is 0.124 e. The van der Waals surface area contributed by atoms with Gasteiger partial charge in [-0.25, -0.2) is 4.98 Å². The number of imidazole rings is 1. The van der Waals surface area contributed by atoms with Crippen molar-refractivity contribution in [2.24, 2.45) is 0 Å². The van der Waals surface area contributed by atoms with Crippen LogP contribution in [0.3, 0.4) is 0 Å². The number of benzene rings is 1. The van der Waals surface area contributed by atoms with Crippen molar-refractivity contribution in [3.8, 4) is 5.75 Å². The average Bonchev–Trinajstić information content (AvgIpc) is 2.86. The van der Waals surface area contributed by atoms with Crippen molar-refractivity contribution in [2.75, 3.05) is 26.8 Å². The number of ether oxygens (including phenoxy) is 1. The summed E-state index contributed by atoms with van der Waals surface area (Å²) in [6.45, 7) is 5.86. The molecule has 5 nitrogen and oxygen atoms in total. The Kier molecular flexibility index (Phi) is 4.39. The van der Waals surface area contributed by atoms with E-state index in [2.05, 4.69) is 28.7 Å². The second-order valence-electron chi connectivity index (χ2n) is 4.53. The topological polar surface area (TPSA) is 61.4 Å². The van der Waals surface area contributed by atoms with Gasteiger partial charge in [0.1, 0.15) is 11.6 Å². The molecule has 2 N–H and O–H groups in total. The van der Waals surface area contributed by atoms with E-state index in [1.807, 2.05) is 18.2 Å². The van der Waals surface area contributed by atoms with E-state index in [0.717, 1.165) is 29.2 Å². The normalized spacial score (nSPS) is 13.1. The summed E-state index contributed by atoms with van der Waals surface area (Å²) in [6, 6.07) is 5.95. The quantitative estimate of drug-likeness (QED) is 0.836. The number of nitrogens with one attached hydrogen (secondary N) is 1. The molecule has 2 rings (SSSR count). The largest absolute Gasteiger partial charge is 0.497 e. The van der Waals surface area contributed by atoms with Crippen LogP contribution in [0.15, 0.2) is 18.2 Å². The fourth-order valence-corrected chi connectivity index (χ4v) is 2.26. The average molecular weight is 263 g/mol. The van der Waals surface area contributed by atoms with Crippen LogP contribution in [0.1, 0.15) is 25.7 Å². The first-order valence-electron chi connectivity index (χ1n) is 6.58. The van der Waals surface area contributed by atoms with E-state index < -0.39 is 0 Å². The van der Waals surface area contributed by atoms with Gasteiger partial charge in [0.25, 0.3) is 0 Å². The number of fused-ring (bicyclic) bond motifs is 1. The van der Waals surface area contributed by atoms with E-state index in [9.17, 15) is 0 Å². The molecule has 19 heavy (non-hydrogen) atoms. The summed E-state index contributed by atoms with van der Waals surface area (Å²) < 4.78 is 5.21. The van der Waals surface area contributed by atoms with Crippen molar-refractivity contribution >= 4 is 11.0 Å². The van der Waals surface area contributed by atoms with E-state index in [0.29, 0.717) is 6.54 Å². The van der Waals surface area contributed by atoms with Crippen molar-refractivity contribution in [1.82, 2.24) is 14.9 Å². The van der Waals surface area contributed by atoms with Crippen LogP contribution < -0.4 is 4.74 Å². The summed E-state index contributed by atoms with van der Waals surface area (Å²) in [5.41, 5.74) is 1.91. The summed E-state index contributed by atoms with van der Waals surface area (Å²) in [5, 5.41) is 9.08. The fourth-order valence-electron chi connectivity index (χ4n) is 2.26. The summed E-state index contributed by atoms with van der Waals surface area (Å²) in [6.07, 6.45) is 0. The number of aromatic nitrogens is 2. The number of aromatic amines is 1. The van der Waals surface area contributed by atoms with Crippen LogP contribution in [0, 0.1) is 0 Å². The molecule has 0 saturated carbocycles. The number of rotatable bonds is 6. The highest BCUT2D eigenvalue weighted by Crippen LogP contribution is 2.23. The molecule has 1 heterocycles. The van der Waals surface area contributed by atoms with E-state index in [1.54, 1.807) is 7.11 Å². The number of hydrogen-bond acceptors (Lipinski definition) is 4. The lowest BCUT2D eigenvalue weighted by atomic mass is 10.2. The van der Waals surface area contributed by atoms with Gasteiger partial charge in [-0.1, -0.05) is 6.92 Å². The highest BCUT2D eigenvalue weighted by molar-refractivity contribution is 5.76. The molecule has 5 heteroatoms. The first-order chi connectivity index (χ1) is 9.19. The van der Waals surface area contributed by atoms with Crippen molar-refractivity contribution in [3.63, 3.8) is 0 Å². The number of hydrogen-bond donors (Lipinski definition) is 2. The molecular formula is C14H21N3O2. The van der Waals surface area contributed by atoms with Crippen LogP contribution in [0.5, 0.6) is 5.75 Å². The lowest BCUT2D eigenvalue weighted by Crippen LogP contribution is -2.30. The van der Waals surface area contributed by atoms with Crippen LogP contribution in [-0.2, 0) is 0 Å². The van der Waals surface area contributed by atoms with Gasteiger partial charge in [0.2, 0.25) is 0 Å². The van der Waals surface area contributed by atoms with Crippen molar-refractivity contribution in [3.05, 3.63) is 24.0 Å². The Hall–Kier alpha value is -1.59. The SMILES string of the molecule is CCN(CCO)C(C)c1nc2ccc(OC)cc2[nH]1. The summed E-state index contributed by atoms with van der Waals surface area (Å²) in [4.78, 5) is 10.1. The van der Waals surface area contributed by atoms with Gasteiger partial charge in [0.15, 0.2) is 0 Å². The highest BCUT2D eigenvalue weighted by atomic mass is 16.5. The zero-order valence-corrected chi connectivity index (χ0v) is 11.7. The highest BCUT2D eigenvalue weighted by Gasteiger charge is 2.17. The molecule has 0 aliphatic heterocycles. The van der Waals surface area contributed by atoms with Gasteiger partial charge < -0.3 is 14.8 Å². The van der Waals surface area contributed by atoms with Gasteiger partial charge in [-0.05, 0) is 25.6 Å². The number of aliphatic hydroxyl groups is 1. The maximum absolute atomic E-state index is 9.08. The van der Waals surface area contributed by atoms with Gasteiger partial charge in [0.05, 0.1) is 30.8 Å². The molecule has 1 aromatic heterocycles. The van der Waals surface area contributed by atoms with Crippen LogP contribution in [-0.4, -0.2) is 46.8 Å². The third-order valence-electron chi connectivity index (χ3n) is 3.44. The summed E-state index contributed by atoms with van der Waals surface area (Å²) in [7, 11) is 1.65. The smallest absolute Gasteiger partial charge is 0.124 e. The Labute approximate surface area is 113 Å². The molecule has 0 aliphatic carbocycles. The van der Waals surface area contributed by atoms with Crippen LogP contribution >= 0.6 is 0 Å². The van der Waals surface area contributed by atoms with Gasteiger partial charge in [-0.2, -0.15) is 0 Å². The summed E-state index contributed by atoms with van der Waals surface area (Å²) in [5.74, 6) is 1.73. The Morgan fingerprint density at radius 3 is 2.89 bits per heavy atom. The van der Waals surface area contributed by atoms with E-state index in [-0.39, 0.29) is 12.6 Å². The molecule has 0 saturated heterocycles. The predicted molar refractivity (Wildman–Crippen MR) is 75.4 cm³/mol. The van der Waals surface area contributed by atoms with Crippen molar-refractivity contribution in [2.45, 2.75) is 19.9 Å². The molecular weight excluding hydrogens is 242 g/mol. The van der Waals surface area contributed by atoms with Gasteiger partial charge in [0, 0.05) is 12.6 Å². The lowest BCUT2D eigenvalue weighted by molar-refractivity contribution is 0.161. The van der Waals surface area contributed by atoms with Gasteiger partial charge >= 0.3 is 0 Å². The summed E-state index contributed by atoms with van der Waals surface area (Å²) >= 11 is 0. The van der Waals surface area contributed by atoms with Crippen molar-refractivity contribution in [1.29, 1.82) is 0 Å². The molecule has 0 radical (unpaired) electrons. The van der Waals surface area contributed by atoms with E-state index in [1.165, 1.54) is 0 Å². The fraction of sp³-hybridized carbons (Fsp3) is 0.500. The first-order valence-corrected chi connectivity index (χ1v) is 6.58. The van der Waals surface area contributed by atoms with Crippen LogP contribution in [0.25, 0.3) is 11.0 Å². The Bertz CT molecular complexity index is 538. The minimum atomic E-state index is 0.149. The monoisotopic (exact) mass is 263 g/mol. The van der Waals surface area contributed by atoms with Gasteiger partial charge in [-0.3, -0.25) is 4.90 Å². The molecule has 0 amide bonds. The molecule has 0 bridgehead atoms. The minimum Gasteiger partial charge on any atom is -0.497 e. The predicted octanol–water partition coefficient (Wildman–Crippen LogP) is 1.95. The van der Waals surface area contributed by atoms with E-state index in [4.69, 9.17) is 9.84 Å². The molecule has 0 fully saturated rings. The Balaban J connectivity index is 2.29. The standard InChI is InChI=1S/C14H21N3O2/c1-4-17(7-8-18)10(2)14-15-12-6-5-11(19-3)9-13(12)16-14/h5-6,9-10,18H,4,7-8H2,1-3H3,(H,15,16). The molecule has 2 aromatic rings. The second kappa shape index (κ2) is 6.04.